The van der Waals surface area contributed by atoms with Crippen molar-refractivity contribution in [2.75, 3.05) is 12.9 Å². The van der Waals surface area contributed by atoms with Crippen molar-refractivity contribution in [1.29, 1.82) is 0 Å². The Bertz CT molecular complexity index is 1160. The van der Waals surface area contributed by atoms with Gasteiger partial charge in [-0.05, 0) is 42.3 Å². The largest absolute Gasteiger partial charge is 0.497 e. The van der Waals surface area contributed by atoms with Crippen molar-refractivity contribution >= 4 is 21.6 Å². The summed E-state index contributed by atoms with van der Waals surface area (Å²) in [4.78, 5) is 13.1. The van der Waals surface area contributed by atoms with Crippen LogP contribution < -0.4 is 9.46 Å². The molecule has 0 saturated heterocycles. The predicted octanol–water partition coefficient (Wildman–Crippen LogP) is 3.24. The number of nitrogens with one attached hydrogen (secondary N) is 1. The molecule has 9 heteroatoms. The van der Waals surface area contributed by atoms with Gasteiger partial charge in [-0.2, -0.15) is 5.10 Å². The number of hydrogen-bond donors (Lipinski definition) is 1. The van der Waals surface area contributed by atoms with Gasteiger partial charge in [-0.1, -0.05) is 30.4 Å². The molecule has 1 aromatic carbocycles. The Hall–Kier alpha value is -3.17. The third kappa shape index (κ3) is 4.68. The molecule has 4 rings (SSSR count). The van der Waals surface area contributed by atoms with Gasteiger partial charge in [0.25, 0.3) is 0 Å². The molecule has 1 aliphatic carbocycles. The lowest BCUT2D eigenvalue weighted by Gasteiger charge is -2.21. The molecule has 2 unspecified atom stereocenters. The molecular formula is C23H24N3O5S. The summed E-state index contributed by atoms with van der Waals surface area (Å²) in [7, 11) is -1.71. The van der Waals surface area contributed by atoms with Gasteiger partial charge >= 0.3 is 5.91 Å². The molecule has 1 N–H and O–H groups in total. The number of carbonyl (C=O) groups is 1. The maximum absolute atomic E-state index is 13.1. The second-order valence-electron chi connectivity index (χ2n) is 7.39. The zero-order valence-corrected chi connectivity index (χ0v) is 18.6. The summed E-state index contributed by atoms with van der Waals surface area (Å²) < 4.78 is 36.8. The lowest BCUT2D eigenvalue weighted by molar-refractivity contribution is 0.0678. The van der Waals surface area contributed by atoms with E-state index in [2.05, 4.69) is 9.82 Å². The zero-order chi connectivity index (χ0) is 22.7. The fourth-order valence-corrected chi connectivity index (χ4v) is 4.31. The van der Waals surface area contributed by atoms with E-state index in [1.165, 1.54) is 11.3 Å². The number of amides is 1. The predicted molar refractivity (Wildman–Crippen MR) is 121 cm³/mol. The molecular weight excluding hydrogens is 430 g/mol. The van der Waals surface area contributed by atoms with E-state index in [0.29, 0.717) is 6.42 Å². The lowest BCUT2D eigenvalue weighted by Crippen LogP contribution is -2.35. The standard InChI is InChI=1S/C23H24N3O5S/c1-3-32(28,29)25-18-10-6-16(7-11-18)20-15-21(17-8-12-19(30-2)13-9-17)26(24-20)23(27)22-5-4-14-31-22/h4-14,18,21,25H,3,15H2,1-2H3. The van der Waals surface area contributed by atoms with Crippen LogP contribution >= 0.6 is 0 Å². The molecule has 1 aliphatic heterocycles. The normalized spacial score (nSPS) is 20.8. The Morgan fingerprint density at radius 1 is 1.28 bits per heavy atom. The maximum atomic E-state index is 13.1. The van der Waals surface area contributed by atoms with Crippen LogP contribution in [0.2, 0.25) is 0 Å². The van der Waals surface area contributed by atoms with Crippen LogP contribution in [0.1, 0.15) is 35.5 Å². The van der Waals surface area contributed by atoms with Crippen LogP contribution in [0.25, 0.3) is 0 Å². The summed E-state index contributed by atoms with van der Waals surface area (Å²) in [5.41, 5.74) is 2.47. The molecule has 2 aliphatic rings. The third-order valence-electron chi connectivity index (χ3n) is 5.35. The van der Waals surface area contributed by atoms with E-state index in [0.717, 1.165) is 22.6 Å². The number of methoxy groups -OCH3 is 1. The second kappa shape index (κ2) is 9.13. The first-order valence-corrected chi connectivity index (χ1v) is 11.9. The molecule has 0 fully saturated rings. The Labute approximate surface area is 187 Å². The summed E-state index contributed by atoms with van der Waals surface area (Å²) in [6.07, 6.45) is 9.15. The first kappa shape index (κ1) is 22.0. The lowest BCUT2D eigenvalue weighted by atomic mass is 9.94. The highest BCUT2D eigenvalue weighted by atomic mass is 32.2. The van der Waals surface area contributed by atoms with Gasteiger partial charge in [0, 0.05) is 18.9 Å². The molecule has 32 heavy (non-hydrogen) atoms. The fourth-order valence-electron chi connectivity index (χ4n) is 3.57. The first-order valence-electron chi connectivity index (χ1n) is 10.2. The summed E-state index contributed by atoms with van der Waals surface area (Å²) in [6.45, 7) is 1.59. The van der Waals surface area contributed by atoms with Crippen LogP contribution in [0.3, 0.4) is 0 Å². The van der Waals surface area contributed by atoms with Crippen molar-refractivity contribution in [3.05, 3.63) is 84.2 Å². The third-order valence-corrected chi connectivity index (χ3v) is 6.74. The molecule has 2 aromatic rings. The van der Waals surface area contributed by atoms with Gasteiger partial charge < -0.3 is 9.15 Å². The Balaban J connectivity index is 1.58. The van der Waals surface area contributed by atoms with Crippen LogP contribution in [-0.2, 0) is 10.0 Å². The van der Waals surface area contributed by atoms with E-state index in [9.17, 15) is 13.2 Å². The van der Waals surface area contributed by atoms with Gasteiger partial charge in [0.2, 0.25) is 10.0 Å². The smallest absolute Gasteiger partial charge is 0.310 e. The van der Waals surface area contributed by atoms with Crippen molar-refractivity contribution in [3.63, 3.8) is 0 Å². The molecule has 2 heterocycles. The fraction of sp³-hybridized carbons (Fsp3) is 0.261. The molecule has 1 amide bonds. The van der Waals surface area contributed by atoms with Crippen molar-refractivity contribution in [2.45, 2.75) is 25.4 Å². The number of benzene rings is 1. The van der Waals surface area contributed by atoms with Crippen LogP contribution in [0, 0.1) is 6.42 Å². The monoisotopic (exact) mass is 454 g/mol. The highest BCUT2D eigenvalue weighted by molar-refractivity contribution is 7.89. The molecule has 1 radical (unpaired) electrons. The number of hydrazone groups is 1. The number of sulfonamides is 1. The molecule has 8 nitrogen and oxygen atoms in total. The van der Waals surface area contributed by atoms with Crippen molar-refractivity contribution in [1.82, 2.24) is 9.73 Å². The minimum Gasteiger partial charge on any atom is -0.497 e. The van der Waals surface area contributed by atoms with Gasteiger partial charge in [-0.3, -0.25) is 4.79 Å². The molecule has 0 spiro atoms. The molecule has 0 saturated carbocycles. The van der Waals surface area contributed by atoms with Gasteiger partial charge in [0.05, 0.1) is 30.9 Å². The summed E-state index contributed by atoms with van der Waals surface area (Å²) in [5, 5.41) is 6.06. The molecule has 2 atom stereocenters. The van der Waals surface area contributed by atoms with E-state index in [1.54, 1.807) is 38.7 Å². The van der Waals surface area contributed by atoms with Crippen molar-refractivity contribution in [3.8, 4) is 5.75 Å². The Kier molecular flexibility index (Phi) is 6.29. The summed E-state index contributed by atoms with van der Waals surface area (Å²) >= 11 is 0. The van der Waals surface area contributed by atoms with Gasteiger partial charge in [0.15, 0.2) is 5.76 Å². The summed E-state index contributed by atoms with van der Waals surface area (Å²) in [6, 6.07) is 10.1. The molecule has 167 valence electrons. The number of carbonyl (C=O) groups excluding carboxylic acids is 1. The Morgan fingerprint density at radius 2 is 2.06 bits per heavy atom. The van der Waals surface area contributed by atoms with Crippen LogP contribution in [0.5, 0.6) is 5.75 Å². The highest BCUT2D eigenvalue weighted by Crippen LogP contribution is 2.35. The number of rotatable bonds is 7. The van der Waals surface area contributed by atoms with Crippen LogP contribution in [0.15, 0.2) is 76.0 Å². The van der Waals surface area contributed by atoms with E-state index in [1.807, 2.05) is 36.4 Å². The minimum atomic E-state index is -3.32. The van der Waals surface area contributed by atoms with E-state index in [-0.39, 0.29) is 23.5 Å². The highest BCUT2D eigenvalue weighted by Gasteiger charge is 2.35. The van der Waals surface area contributed by atoms with Gasteiger partial charge in [0.1, 0.15) is 5.75 Å². The number of ether oxygens (including phenoxy) is 1. The van der Waals surface area contributed by atoms with Crippen LogP contribution in [-0.4, -0.2) is 44.0 Å². The SMILES string of the molecule is CCS(=O)(=O)NC1[CH]C=C(C2=NN(C(=O)c3ccco3)C(c3ccc(OC)cc3)C2)C=C1. The Morgan fingerprint density at radius 3 is 2.66 bits per heavy atom. The molecule has 1 aromatic heterocycles. The van der Waals surface area contributed by atoms with E-state index in [4.69, 9.17) is 9.15 Å². The molecule has 0 bridgehead atoms. The average Bonchev–Trinajstić information content (AvgIpc) is 3.50. The van der Waals surface area contributed by atoms with Crippen LogP contribution in [0.4, 0.5) is 0 Å². The topological polar surface area (TPSA) is 101 Å². The number of hydrogen-bond acceptors (Lipinski definition) is 6. The van der Waals surface area contributed by atoms with E-state index < -0.39 is 16.1 Å². The second-order valence-corrected chi connectivity index (χ2v) is 9.43. The number of nitrogens with zero attached hydrogens (tertiary/aromatic N) is 2. The summed E-state index contributed by atoms with van der Waals surface area (Å²) in [5.74, 6) is 0.623. The quantitative estimate of drug-likeness (QED) is 0.692. The van der Waals surface area contributed by atoms with Crippen molar-refractivity contribution < 1.29 is 22.4 Å². The first-order chi connectivity index (χ1) is 15.4. The number of furan rings is 1. The number of allylic oxidation sites excluding steroid dienone is 2. The van der Waals surface area contributed by atoms with Gasteiger partial charge in [-0.15, -0.1) is 0 Å². The zero-order valence-electron chi connectivity index (χ0n) is 17.8. The average molecular weight is 455 g/mol. The maximum Gasteiger partial charge on any atom is 0.310 e. The van der Waals surface area contributed by atoms with Gasteiger partial charge in [-0.25, -0.2) is 18.1 Å². The van der Waals surface area contributed by atoms with Crippen molar-refractivity contribution in [2.24, 2.45) is 5.10 Å². The van der Waals surface area contributed by atoms with E-state index >= 15 is 0 Å². The minimum absolute atomic E-state index is 0.0157.